The van der Waals surface area contributed by atoms with Gasteiger partial charge in [-0.05, 0) is 24.3 Å². The van der Waals surface area contributed by atoms with Crippen LogP contribution < -0.4 is 11.1 Å². The lowest BCUT2D eigenvalue weighted by atomic mass is 10.0. The predicted molar refractivity (Wildman–Crippen MR) is 94.0 cm³/mol. The van der Waals surface area contributed by atoms with E-state index in [9.17, 15) is 9.59 Å². The third kappa shape index (κ3) is 2.98. The van der Waals surface area contributed by atoms with E-state index in [1.54, 1.807) is 0 Å². The van der Waals surface area contributed by atoms with E-state index in [-0.39, 0.29) is 0 Å². The van der Waals surface area contributed by atoms with Gasteiger partial charge in [-0.15, -0.1) is 0 Å². The first-order valence-electron chi connectivity index (χ1n) is 6.43. The van der Waals surface area contributed by atoms with Gasteiger partial charge in [0.2, 0.25) is 0 Å². The van der Waals surface area contributed by atoms with Crippen LogP contribution >= 0.6 is 31.9 Å². The van der Waals surface area contributed by atoms with Gasteiger partial charge in [-0.3, -0.25) is 9.59 Å². The van der Waals surface area contributed by atoms with Gasteiger partial charge in [0, 0.05) is 20.1 Å². The number of aromatic nitrogens is 2. The number of halogens is 2. The molecule has 0 saturated heterocycles. The molecule has 110 valence electrons. The molecule has 22 heavy (non-hydrogen) atoms. The van der Waals surface area contributed by atoms with Crippen molar-refractivity contribution < 1.29 is 0 Å². The highest BCUT2D eigenvalue weighted by Gasteiger charge is 2.11. The van der Waals surface area contributed by atoms with E-state index >= 15 is 0 Å². The van der Waals surface area contributed by atoms with Crippen LogP contribution in [0, 0.1) is 0 Å². The molecule has 0 aliphatic carbocycles. The van der Waals surface area contributed by atoms with Crippen LogP contribution in [0.1, 0.15) is 0 Å². The summed E-state index contributed by atoms with van der Waals surface area (Å²) in [7, 11) is 0. The number of H-pyrrole nitrogens is 2. The maximum atomic E-state index is 11.7. The standard InChI is InChI=1S/C16H10Br2N2O2/c17-11-5-1-9(2-6-11)13-14(20-16(22)15(21)19-13)10-3-7-12(18)8-4-10/h1-8H,(H,19,21)(H,20,22). The van der Waals surface area contributed by atoms with Gasteiger partial charge in [0.25, 0.3) is 0 Å². The maximum absolute atomic E-state index is 11.7. The average molecular weight is 422 g/mol. The monoisotopic (exact) mass is 420 g/mol. The molecule has 1 heterocycles. The molecule has 0 radical (unpaired) electrons. The molecule has 0 fully saturated rings. The lowest BCUT2D eigenvalue weighted by Gasteiger charge is -2.09. The van der Waals surface area contributed by atoms with E-state index in [0.29, 0.717) is 11.4 Å². The van der Waals surface area contributed by atoms with Crippen LogP contribution in [0.25, 0.3) is 22.5 Å². The van der Waals surface area contributed by atoms with Gasteiger partial charge < -0.3 is 9.97 Å². The van der Waals surface area contributed by atoms with Crippen LogP contribution in [0.3, 0.4) is 0 Å². The van der Waals surface area contributed by atoms with Gasteiger partial charge in [-0.25, -0.2) is 0 Å². The van der Waals surface area contributed by atoms with E-state index in [1.807, 2.05) is 48.5 Å². The molecule has 0 atom stereocenters. The second-order valence-corrected chi connectivity index (χ2v) is 6.50. The quantitative estimate of drug-likeness (QED) is 0.616. The fraction of sp³-hybridized carbons (Fsp3) is 0. The van der Waals surface area contributed by atoms with Gasteiger partial charge in [0.1, 0.15) is 0 Å². The summed E-state index contributed by atoms with van der Waals surface area (Å²) in [5.41, 5.74) is 1.46. The number of benzene rings is 2. The fourth-order valence-corrected chi connectivity index (χ4v) is 2.66. The summed E-state index contributed by atoms with van der Waals surface area (Å²) in [6, 6.07) is 15.0. The summed E-state index contributed by atoms with van der Waals surface area (Å²) in [5, 5.41) is 0. The van der Waals surface area contributed by atoms with E-state index in [1.165, 1.54) is 0 Å². The van der Waals surface area contributed by atoms with Crippen molar-refractivity contribution in [1.29, 1.82) is 0 Å². The first-order chi connectivity index (χ1) is 10.5. The molecule has 3 rings (SSSR count). The van der Waals surface area contributed by atoms with E-state index in [2.05, 4.69) is 41.8 Å². The summed E-state index contributed by atoms with van der Waals surface area (Å²) < 4.78 is 1.88. The molecule has 0 unspecified atom stereocenters. The Morgan fingerprint density at radius 3 is 1.23 bits per heavy atom. The Labute approximate surface area is 142 Å². The Morgan fingerprint density at radius 2 is 0.909 bits per heavy atom. The molecule has 6 heteroatoms. The Hall–Kier alpha value is -1.92. The largest absolute Gasteiger partial charge is 0.315 e. The van der Waals surface area contributed by atoms with Crippen molar-refractivity contribution in [2.24, 2.45) is 0 Å². The highest BCUT2D eigenvalue weighted by atomic mass is 79.9. The Kier molecular flexibility index (Phi) is 4.13. The SMILES string of the molecule is O=c1[nH]c(-c2ccc(Br)cc2)c(-c2ccc(Br)cc2)[nH]c1=O. The third-order valence-electron chi connectivity index (χ3n) is 3.20. The Balaban J connectivity index is 2.26. The van der Waals surface area contributed by atoms with Crippen LogP contribution in [0.2, 0.25) is 0 Å². The molecule has 2 aromatic carbocycles. The Bertz CT molecular complexity index is 848. The minimum Gasteiger partial charge on any atom is -0.315 e. The highest BCUT2D eigenvalue weighted by Crippen LogP contribution is 2.28. The van der Waals surface area contributed by atoms with Crippen molar-refractivity contribution >= 4 is 31.9 Å². The summed E-state index contributed by atoms with van der Waals surface area (Å²) in [4.78, 5) is 28.7. The number of aromatic amines is 2. The van der Waals surface area contributed by atoms with Gasteiger partial charge in [0.05, 0.1) is 11.4 Å². The summed E-state index contributed by atoms with van der Waals surface area (Å²) in [6.07, 6.45) is 0. The first-order valence-corrected chi connectivity index (χ1v) is 8.01. The van der Waals surface area contributed by atoms with Crippen molar-refractivity contribution in [2.75, 3.05) is 0 Å². The topological polar surface area (TPSA) is 65.7 Å². The molecule has 3 aromatic rings. The van der Waals surface area contributed by atoms with Crippen molar-refractivity contribution in [2.45, 2.75) is 0 Å². The zero-order valence-corrected chi connectivity index (χ0v) is 14.4. The van der Waals surface area contributed by atoms with Crippen LogP contribution in [-0.2, 0) is 0 Å². The number of nitrogens with one attached hydrogen (secondary N) is 2. The molecule has 0 bridgehead atoms. The van der Waals surface area contributed by atoms with E-state index < -0.39 is 11.1 Å². The van der Waals surface area contributed by atoms with Gasteiger partial charge in [0.15, 0.2) is 0 Å². The average Bonchev–Trinajstić information content (AvgIpc) is 2.51. The molecule has 0 aliphatic rings. The highest BCUT2D eigenvalue weighted by molar-refractivity contribution is 9.10. The van der Waals surface area contributed by atoms with Gasteiger partial charge in [-0.1, -0.05) is 56.1 Å². The molecule has 2 N–H and O–H groups in total. The molecular weight excluding hydrogens is 412 g/mol. The lowest BCUT2D eigenvalue weighted by Crippen LogP contribution is -2.30. The van der Waals surface area contributed by atoms with Crippen LogP contribution in [0.4, 0.5) is 0 Å². The first kappa shape index (κ1) is 15.0. The molecular formula is C16H10Br2N2O2. The van der Waals surface area contributed by atoms with Crippen molar-refractivity contribution in [3.8, 4) is 22.5 Å². The summed E-state index contributed by atoms with van der Waals surface area (Å²) in [5.74, 6) is 0. The summed E-state index contributed by atoms with van der Waals surface area (Å²) >= 11 is 6.76. The zero-order chi connectivity index (χ0) is 15.7. The smallest absolute Gasteiger partial charge is 0.314 e. The number of hydrogen-bond acceptors (Lipinski definition) is 2. The normalized spacial score (nSPS) is 10.6. The predicted octanol–water partition coefficient (Wildman–Crippen LogP) is 3.92. The molecule has 1 aromatic heterocycles. The second-order valence-electron chi connectivity index (χ2n) is 4.67. The minimum atomic E-state index is -0.668. The van der Waals surface area contributed by atoms with Crippen LogP contribution in [-0.4, -0.2) is 9.97 Å². The molecule has 0 amide bonds. The number of rotatable bonds is 2. The van der Waals surface area contributed by atoms with Gasteiger partial charge >= 0.3 is 11.1 Å². The minimum absolute atomic E-state index is 0.583. The van der Waals surface area contributed by atoms with Crippen molar-refractivity contribution in [3.05, 3.63) is 78.2 Å². The lowest BCUT2D eigenvalue weighted by molar-refractivity contribution is 1.09. The molecule has 0 saturated carbocycles. The Morgan fingerprint density at radius 1 is 0.591 bits per heavy atom. The van der Waals surface area contributed by atoms with E-state index in [4.69, 9.17) is 0 Å². The second kappa shape index (κ2) is 6.06. The molecule has 4 nitrogen and oxygen atoms in total. The van der Waals surface area contributed by atoms with Crippen LogP contribution in [0.15, 0.2) is 67.1 Å². The van der Waals surface area contributed by atoms with Crippen LogP contribution in [0.5, 0.6) is 0 Å². The van der Waals surface area contributed by atoms with Gasteiger partial charge in [-0.2, -0.15) is 0 Å². The fourth-order valence-electron chi connectivity index (χ4n) is 2.13. The zero-order valence-electron chi connectivity index (χ0n) is 11.2. The van der Waals surface area contributed by atoms with E-state index in [0.717, 1.165) is 20.1 Å². The van der Waals surface area contributed by atoms with Crippen molar-refractivity contribution in [3.63, 3.8) is 0 Å². The maximum Gasteiger partial charge on any atom is 0.314 e. The third-order valence-corrected chi connectivity index (χ3v) is 4.26. The molecule has 0 spiro atoms. The number of hydrogen-bond donors (Lipinski definition) is 2. The van der Waals surface area contributed by atoms with Crippen molar-refractivity contribution in [1.82, 2.24) is 9.97 Å². The summed E-state index contributed by atoms with van der Waals surface area (Å²) in [6.45, 7) is 0. The molecule has 0 aliphatic heterocycles.